The van der Waals surface area contributed by atoms with Crippen molar-refractivity contribution in [2.45, 2.75) is 20.3 Å². The van der Waals surface area contributed by atoms with Crippen LogP contribution in [0.2, 0.25) is 0 Å². The van der Waals surface area contributed by atoms with Crippen LogP contribution in [0.15, 0.2) is 18.2 Å². The fourth-order valence-electron chi connectivity index (χ4n) is 1.61. The summed E-state index contributed by atoms with van der Waals surface area (Å²) >= 11 is 2.25. The molecule has 0 atom stereocenters. The van der Waals surface area contributed by atoms with Gasteiger partial charge in [-0.2, -0.15) is 0 Å². The average molecular weight is 376 g/mol. The normalized spacial score (nSPS) is 10.1. The molecule has 0 spiro atoms. The Labute approximate surface area is 126 Å². The molecule has 4 nitrogen and oxygen atoms in total. The molecule has 0 unspecified atom stereocenters. The predicted molar refractivity (Wildman–Crippen MR) is 80.9 cm³/mol. The fraction of sp³-hybridized carbons (Fsp3) is 0.429. The van der Waals surface area contributed by atoms with Crippen molar-refractivity contribution in [2.24, 2.45) is 0 Å². The van der Waals surface area contributed by atoms with Gasteiger partial charge in [-0.1, -0.05) is 22.6 Å². The highest BCUT2D eigenvalue weighted by Crippen LogP contribution is 2.14. The number of rotatable bonds is 6. The highest BCUT2D eigenvalue weighted by atomic mass is 127. The molecule has 104 valence electrons. The molecule has 5 heteroatoms. The summed E-state index contributed by atoms with van der Waals surface area (Å²) in [5, 5.41) is 0. The van der Waals surface area contributed by atoms with Crippen LogP contribution in [0.3, 0.4) is 0 Å². The molecule has 1 aromatic rings. The Bertz CT molecular complexity index is 421. The Balaban J connectivity index is 3.09. The van der Waals surface area contributed by atoms with Gasteiger partial charge in [0, 0.05) is 4.43 Å². The Morgan fingerprint density at radius 3 is 1.84 bits per heavy atom. The Hall–Kier alpha value is -1.11. The van der Waals surface area contributed by atoms with Crippen molar-refractivity contribution in [1.29, 1.82) is 0 Å². The lowest BCUT2D eigenvalue weighted by Crippen LogP contribution is -2.10. The van der Waals surface area contributed by atoms with Gasteiger partial charge < -0.3 is 9.47 Å². The summed E-state index contributed by atoms with van der Waals surface area (Å²) in [5.41, 5.74) is 1.72. The van der Waals surface area contributed by atoms with Gasteiger partial charge in [0.05, 0.1) is 24.3 Å². The van der Waals surface area contributed by atoms with Gasteiger partial charge in [-0.3, -0.25) is 0 Å². The smallest absolute Gasteiger partial charge is 0.338 e. The molecule has 0 saturated heterocycles. The van der Waals surface area contributed by atoms with Gasteiger partial charge in [0.1, 0.15) is 0 Å². The minimum atomic E-state index is -0.414. The maximum absolute atomic E-state index is 11.8. The lowest BCUT2D eigenvalue weighted by molar-refractivity contribution is 0.0525. The second kappa shape index (κ2) is 8.14. The monoisotopic (exact) mass is 376 g/mol. The number of esters is 2. The molecule has 0 fully saturated rings. The molecular weight excluding hydrogens is 359 g/mol. The molecular formula is C14H17IO4. The second-order valence-electron chi connectivity index (χ2n) is 3.80. The Morgan fingerprint density at radius 1 is 1.00 bits per heavy atom. The quantitative estimate of drug-likeness (QED) is 0.435. The van der Waals surface area contributed by atoms with Gasteiger partial charge in [-0.25, -0.2) is 9.59 Å². The first-order valence-corrected chi connectivity index (χ1v) is 7.69. The molecule has 0 aliphatic rings. The number of carbonyl (C=O) groups is 2. The van der Waals surface area contributed by atoms with E-state index in [-0.39, 0.29) is 0 Å². The van der Waals surface area contributed by atoms with Crippen LogP contribution < -0.4 is 0 Å². The molecule has 0 bridgehead atoms. The number of benzene rings is 1. The summed E-state index contributed by atoms with van der Waals surface area (Å²) in [4.78, 5) is 23.5. The van der Waals surface area contributed by atoms with Gasteiger partial charge in [0.2, 0.25) is 0 Å². The van der Waals surface area contributed by atoms with Crippen LogP contribution in [-0.4, -0.2) is 29.6 Å². The highest BCUT2D eigenvalue weighted by Gasteiger charge is 2.14. The van der Waals surface area contributed by atoms with Crippen molar-refractivity contribution >= 4 is 34.5 Å². The second-order valence-corrected chi connectivity index (χ2v) is 4.88. The van der Waals surface area contributed by atoms with E-state index in [9.17, 15) is 9.59 Å². The number of hydrogen-bond acceptors (Lipinski definition) is 4. The Morgan fingerprint density at radius 2 is 1.47 bits per heavy atom. The fourth-order valence-corrected chi connectivity index (χ4v) is 2.23. The topological polar surface area (TPSA) is 52.6 Å². The first-order chi connectivity index (χ1) is 9.12. The van der Waals surface area contributed by atoms with Crippen molar-refractivity contribution in [2.75, 3.05) is 17.6 Å². The van der Waals surface area contributed by atoms with Crippen molar-refractivity contribution in [3.63, 3.8) is 0 Å². The lowest BCUT2D eigenvalue weighted by atomic mass is 10.0. The first-order valence-electron chi connectivity index (χ1n) is 6.16. The van der Waals surface area contributed by atoms with E-state index < -0.39 is 11.9 Å². The third kappa shape index (κ3) is 4.81. The zero-order valence-electron chi connectivity index (χ0n) is 11.1. The molecule has 0 aliphatic carbocycles. The van der Waals surface area contributed by atoms with Gasteiger partial charge in [-0.05, 0) is 44.0 Å². The van der Waals surface area contributed by atoms with Crippen LogP contribution in [0.5, 0.6) is 0 Å². The number of hydrogen-bond donors (Lipinski definition) is 0. The van der Waals surface area contributed by atoms with Crippen LogP contribution in [0.1, 0.15) is 40.1 Å². The van der Waals surface area contributed by atoms with Crippen molar-refractivity contribution in [3.05, 3.63) is 34.9 Å². The van der Waals surface area contributed by atoms with Gasteiger partial charge in [0.15, 0.2) is 0 Å². The van der Waals surface area contributed by atoms with E-state index >= 15 is 0 Å². The van der Waals surface area contributed by atoms with Crippen LogP contribution in [-0.2, 0) is 15.9 Å². The number of aryl methyl sites for hydroxylation is 1. The summed E-state index contributed by atoms with van der Waals surface area (Å²) in [6.45, 7) is 4.12. The van der Waals surface area contributed by atoms with Gasteiger partial charge in [0.25, 0.3) is 0 Å². The van der Waals surface area contributed by atoms with E-state index in [1.54, 1.807) is 26.0 Å². The summed E-state index contributed by atoms with van der Waals surface area (Å²) in [6.07, 6.45) is 0.792. The van der Waals surface area contributed by atoms with E-state index in [1.807, 2.05) is 0 Å². The number of carbonyl (C=O) groups excluding carboxylic acids is 2. The standard InChI is InChI=1S/C14H17IO4/c1-3-18-13(16)11-7-10(5-6-15)8-12(9-11)14(17)19-4-2/h7-9H,3-6H2,1-2H3. The van der Waals surface area contributed by atoms with Crippen molar-refractivity contribution in [3.8, 4) is 0 Å². The average Bonchev–Trinajstić information content (AvgIpc) is 2.39. The van der Waals surface area contributed by atoms with Crippen LogP contribution in [0.4, 0.5) is 0 Å². The van der Waals surface area contributed by atoms with Crippen LogP contribution in [0.25, 0.3) is 0 Å². The lowest BCUT2D eigenvalue weighted by Gasteiger charge is -2.08. The molecule has 0 radical (unpaired) electrons. The van der Waals surface area contributed by atoms with E-state index in [0.717, 1.165) is 16.4 Å². The molecule has 0 amide bonds. The number of halogens is 1. The summed E-state index contributed by atoms with van der Waals surface area (Å²) in [5.74, 6) is -0.827. The molecule has 19 heavy (non-hydrogen) atoms. The minimum absolute atomic E-state index is 0.310. The van der Waals surface area contributed by atoms with E-state index in [0.29, 0.717) is 24.3 Å². The van der Waals surface area contributed by atoms with E-state index in [2.05, 4.69) is 22.6 Å². The zero-order chi connectivity index (χ0) is 14.3. The molecule has 0 aliphatic heterocycles. The molecule has 0 heterocycles. The van der Waals surface area contributed by atoms with Crippen molar-refractivity contribution < 1.29 is 19.1 Å². The molecule has 1 aromatic carbocycles. The minimum Gasteiger partial charge on any atom is -0.462 e. The summed E-state index contributed by atoms with van der Waals surface area (Å²) in [6, 6.07) is 5.05. The Kier molecular flexibility index (Phi) is 6.83. The maximum atomic E-state index is 11.8. The molecule has 1 rings (SSSR count). The van der Waals surface area contributed by atoms with Crippen LogP contribution in [0, 0.1) is 0 Å². The number of ether oxygens (including phenoxy) is 2. The van der Waals surface area contributed by atoms with E-state index in [4.69, 9.17) is 9.47 Å². The van der Waals surface area contributed by atoms with Crippen molar-refractivity contribution in [1.82, 2.24) is 0 Å². The zero-order valence-corrected chi connectivity index (χ0v) is 13.2. The maximum Gasteiger partial charge on any atom is 0.338 e. The SMILES string of the molecule is CCOC(=O)c1cc(CCI)cc(C(=O)OCC)c1. The predicted octanol–water partition coefficient (Wildman–Crippen LogP) is 3.02. The largest absolute Gasteiger partial charge is 0.462 e. The van der Waals surface area contributed by atoms with Gasteiger partial charge >= 0.3 is 11.9 Å². The van der Waals surface area contributed by atoms with Crippen LogP contribution >= 0.6 is 22.6 Å². The molecule has 0 saturated carbocycles. The highest BCUT2D eigenvalue weighted by molar-refractivity contribution is 14.1. The molecule has 0 N–H and O–H groups in total. The summed E-state index contributed by atoms with van der Waals surface area (Å²) in [7, 11) is 0. The third-order valence-electron chi connectivity index (χ3n) is 2.40. The first kappa shape index (κ1) is 15.9. The summed E-state index contributed by atoms with van der Waals surface area (Å²) < 4.78 is 10.8. The number of alkyl halides is 1. The molecule has 0 aromatic heterocycles. The third-order valence-corrected chi connectivity index (χ3v) is 2.94. The van der Waals surface area contributed by atoms with E-state index in [1.165, 1.54) is 6.07 Å². The van der Waals surface area contributed by atoms with Gasteiger partial charge in [-0.15, -0.1) is 0 Å².